The van der Waals surface area contributed by atoms with Crippen molar-refractivity contribution >= 4 is 34.8 Å². The number of hydrogen-bond acceptors (Lipinski definition) is 1. The van der Waals surface area contributed by atoms with Gasteiger partial charge in [0.1, 0.15) is 0 Å². The van der Waals surface area contributed by atoms with Crippen molar-refractivity contribution < 1.29 is 4.79 Å². The van der Waals surface area contributed by atoms with Gasteiger partial charge in [-0.1, -0.05) is 0 Å². The van der Waals surface area contributed by atoms with Crippen molar-refractivity contribution in [1.29, 1.82) is 0 Å². The van der Waals surface area contributed by atoms with E-state index in [-0.39, 0.29) is 5.91 Å². The highest BCUT2D eigenvalue weighted by Crippen LogP contribution is 2.20. The van der Waals surface area contributed by atoms with Gasteiger partial charge < -0.3 is 5.32 Å². The number of carbonyl (C=O) groups is 1. The summed E-state index contributed by atoms with van der Waals surface area (Å²) in [6, 6.07) is 0.830. The van der Waals surface area contributed by atoms with Crippen molar-refractivity contribution in [3.05, 3.63) is 0 Å². The van der Waals surface area contributed by atoms with Gasteiger partial charge in [0.15, 0.2) is 0 Å². The van der Waals surface area contributed by atoms with Gasteiger partial charge in [-0.2, -0.15) is 0 Å². The number of rotatable bonds is 4. The van der Waals surface area contributed by atoms with E-state index < -0.39 is 6.69 Å². The monoisotopic (exact) mass is 213 g/mol. The average molecular weight is 214 g/mol. The molecule has 0 atom stereocenters. The number of nitrogens with one attached hydrogen (secondary N) is 1. The Kier molecular flexibility index (Phi) is 5.13. The minimum Gasteiger partial charge on any atom is -0.356 e. The van der Waals surface area contributed by atoms with Crippen molar-refractivity contribution in [2.45, 2.75) is 25.9 Å². The highest BCUT2D eigenvalue weighted by molar-refractivity contribution is 7.44. The molecule has 11 heavy (non-hydrogen) atoms. The fourth-order valence-corrected chi connectivity index (χ4v) is 2.26. The molecule has 1 amide bonds. The minimum atomic E-state index is -1.94. The van der Waals surface area contributed by atoms with Gasteiger partial charge in [-0.15, -0.1) is 22.2 Å². The maximum Gasteiger partial charge on any atom is 0.248 e. The number of carbonyl (C=O) groups excluding carboxylic acids is 1. The fraction of sp³-hybridized carbons (Fsp3) is 0.833. The lowest BCUT2D eigenvalue weighted by molar-refractivity contribution is -0.118. The summed E-state index contributed by atoms with van der Waals surface area (Å²) in [4.78, 5) is 10.4. The minimum absolute atomic E-state index is 0.00230. The third-order valence-electron chi connectivity index (χ3n) is 1.17. The summed E-state index contributed by atoms with van der Waals surface area (Å²) in [5, 5.41) is 2.68. The molecular formula is C6H13Cl2NOSi. The maximum atomic E-state index is 10.4. The van der Waals surface area contributed by atoms with Crippen molar-refractivity contribution in [1.82, 2.24) is 5.32 Å². The zero-order valence-corrected chi connectivity index (χ0v) is 9.30. The molecule has 0 aliphatic rings. The smallest absolute Gasteiger partial charge is 0.248 e. The summed E-state index contributed by atoms with van der Waals surface area (Å²) in [5.41, 5.74) is 0. The molecule has 0 unspecified atom stereocenters. The molecule has 0 bridgehead atoms. The molecule has 66 valence electrons. The van der Waals surface area contributed by atoms with Crippen LogP contribution in [-0.2, 0) is 4.79 Å². The maximum absolute atomic E-state index is 10.4. The third-order valence-corrected chi connectivity index (χ3v) is 3.53. The van der Waals surface area contributed by atoms with E-state index in [2.05, 4.69) is 5.32 Å². The predicted molar refractivity (Wildman–Crippen MR) is 51.4 cm³/mol. The topological polar surface area (TPSA) is 29.1 Å². The Morgan fingerprint density at radius 2 is 2.09 bits per heavy atom. The van der Waals surface area contributed by atoms with Gasteiger partial charge in [-0.05, 0) is 19.0 Å². The van der Waals surface area contributed by atoms with Gasteiger partial charge in [0, 0.05) is 13.5 Å². The largest absolute Gasteiger partial charge is 0.356 e. The molecule has 1 N–H and O–H groups in total. The standard InChI is InChI=1S/C6H13Cl2NOSi/c1-6(10)9-4-3-5-11(2,7)8/h3-5H2,1-2H3,(H,9,10). The van der Waals surface area contributed by atoms with Crippen LogP contribution < -0.4 is 5.32 Å². The van der Waals surface area contributed by atoms with Crippen LogP contribution in [0.15, 0.2) is 0 Å². The lowest BCUT2D eigenvalue weighted by Gasteiger charge is -2.09. The Morgan fingerprint density at radius 3 is 2.45 bits per heavy atom. The van der Waals surface area contributed by atoms with E-state index in [1.165, 1.54) is 6.92 Å². The molecule has 0 saturated heterocycles. The van der Waals surface area contributed by atoms with E-state index in [1.807, 2.05) is 6.55 Å². The third kappa shape index (κ3) is 10.3. The highest BCUT2D eigenvalue weighted by Gasteiger charge is 2.19. The second kappa shape index (κ2) is 5.01. The molecule has 0 spiro atoms. The Labute approximate surface area is 77.7 Å². The number of amides is 1. The summed E-state index contributed by atoms with van der Waals surface area (Å²) >= 11 is 11.7. The summed E-state index contributed by atoms with van der Waals surface area (Å²) in [5.74, 6) is -0.00230. The zero-order valence-electron chi connectivity index (χ0n) is 6.79. The number of hydrogen-bond donors (Lipinski definition) is 1. The molecule has 0 rings (SSSR count). The Balaban J connectivity index is 3.22. The molecule has 0 saturated carbocycles. The molecule has 0 aliphatic heterocycles. The van der Waals surface area contributed by atoms with Crippen molar-refractivity contribution in [2.24, 2.45) is 0 Å². The van der Waals surface area contributed by atoms with Crippen LogP contribution >= 0.6 is 22.2 Å². The molecular weight excluding hydrogens is 201 g/mol. The SMILES string of the molecule is CC(=O)NCCC[Si](C)(Cl)Cl. The van der Waals surface area contributed by atoms with Gasteiger partial charge in [0.05, 0.1) is 0 Å². The van der Waals surface area contributed by atoms with E-state index in [9.17, 15) is 4.79 Å². The van der Waals surface area contributed by atoms with Crippen LogP contribution in [0.1, 0.15) is 13.3 Å². The first kappa shape index (κ1) is 11.3. The molecule has 0 aromatic rings. The quantitative estimate of drug-likeness (QED) is 0.433. The van der Waals surface area contributed by atoms with Crippen LogP contribution in [0.5, 0.6) is 0 Å². The molecule has 0 aliphatic carbocycles. The average Bonchev–Trinajstić information content (AvgIpc) is 1.78. The van der Waals surface area contributed by atoms with E-state index >= 15 is 0 Å². The first-order valence-corrected chi connectivity index (χ1v) is 8.27. The summed E-state index contributed by atoms with van der Waals surface area (Å²) in [6.45, 7) is 2.12. The summed E-state index contributed by atoms with van der Waals surface area (Å²) < 4.78 is 0. The van der Waals surface area contributed by atoms with Crippen LogP contribution in [0.2, 0.25) is 12.6 Å². The van der Waals surface area contributed by atoms with Crippen LogP contribution in [0, 0.1) is 0 Å². The van der Waals surface area contributed by atoms with Gasteiger partial charge in [-0.25, -0.2) is 0 Å². The first-order valence-electron chi connectivity index (χ1n) is 3.54. The van der Waals surface area contributed by atoms with Crippen LogP contribution in [0.25, 0.3) is 0 Å². The van der Waals surface area contributed by atoms with E-state index in [0.29, 0.717) is 6.54 Å². The molecule has 0 radical (unpaired) electrons. The van der Waals surface area contributed by atoms with E-state index in [1.54, 1.807) is 0 Å². The molecule has 2 nitrogen and oxygen atoms in total. The van der Waals surface area contributed by atoms with Crippen LogP contribution in [0.4, 0.5) is 0 Å². The summed E-state index contributed by atoms with van der Waals surface area (Å²) in [6.07, 6.45) is 0.870. The zero-order chi connectivity index (χ0) is 8.91. The molecule has 0 aromatic heterocycles. The fourth-order valence-electron chi connectivity index (χ4n) is 0.663. The Bertz CT molecular complexity index is 135. The van der Waals surface area contributed by atoms with Crippen molar-refractivity contribution in [3.8, 4) is 0 Å². The van der Waals surface area contributed by atoms with Gasteiger partial charge in [0.2, 0.25) is 12.6 Å². The predicted octanol–water partition coefficient (Wildman–Crippen LogP) is 2.06. The normalized spacial score (nSPS) is 11.3. The highest BCUT2D eigenvalue weighted by atomic mass is 35.7. The van der Waals surface area contributed by atoms with Gasteiger partial charge in [0.25, 0.3) is 0 Å². The van der Waals surface area contributed by atoms with Gasteiger partial charge in [-0.3, -0.25) is 4.79 Å². The van der Waals surface area contributed by atoms with Crippen LogP contribution in [0.3, 0.4) is 0 Å². The molecule has 5 heteroatoms. The van der Waals surface area contributed by atoms with E-state index in [0.717, 1.165) is 12.5 Å². The van der Waals surface area contributed by atoms with Crippen molar-refractivity contribution in [3.63, 3.8) is 0 Å². The number of halogens is 2. The van der Waals surface area contributed by atoms with Crippen LogP contribution in [-0.4, -0.2) is 19.1 Å². The molecule has 0 aromatic carbocycles. The molecule has 0 fully saturated rings. The second-order valence-electron chi connectivity index (χ2n) is 2.66. The second-order valence-corrected chi connectivity index (χ2v) is 10.9. The Morgan fingerprint density at radius 1 is 1.55 bits per heavy atom. The molecule has 0 heterocycles. The lowest BCUT2D eigenvalue weighted by atomic mass is 10.5. The first-order chi connectivity index (χ1) is 4.92. The van der Waals surface area contributed by atoms with E-state index in [4.69, 9.17) is 22.2 Å². The van der Waals surface area contributed by atoms with Crippen molar-refractivity contribution in [2.75, 3.05) is 6.54 Å². The van der Waals surface area contributed by atoms with Gasteiger partial charge >= 0.3 is 0 Å². The summed E-state index contributed by atoms with van der Waals surface area (Å²) in [7, 11) is 0. The lowest BCUT2D eigenvalue weighted by Crippen LogP contribution is -2.23. The Hall–Kier alpha value is 0.267.